The second kappa shape index (κ2) is 10.1. The zero-order valence-corrected chi connectivity index (χ0v) is 22.6. The van der Waals surface area contributed by atoms with Crippen LogP contribution in [0.2, 0.25) is 15.2 Å². The highest BCUT2D eigenvalue weighted by Gasteiger charge is 2.59. The Hall–Kier alpha value is -1.49. The first-order valence-corrected chi connectivity index (χ1v) is 12.0. The monoisotopic (exact) mass is 577 g/mol. The summed E-state index contributed by atoms with van der Waals surface area (Å²) in [5.41, 5.74) is 3.54. The molecule has 0 bridgehead atoms. The molecule has 0 saturated carbocycles. The Morgan fingerprint density at radius 3 is 1.83 bits per heavy atom. The van der Waals surface area contributed by atoms with Gasteiger partial charge in [0.2, 0.25) is 0 Å². The first-order valence-electron chi connectivity index (χ1n) is 10.0. The zero-order valence-electron chi connectivity index (χ0n) is 19.5. The Bertz CT molecular complexity index is 1110. The van der Waals surface area contributed by atoms with Gasteiger partial charge in [-0.3, -0.25) is 5.43 Å². The van der Waals surface area contributed by atoms with E-state index in [1.54, 1.807) is 12.1 Å². The number of pyridine rings is 1. The molecule has 2 rings (SSSR count). The predicted octanol–water partition coefficient (Wildman–Crippen LogP) is 9.04. The minimum atomic E-state index is -5.85. The van der Waals surface area contributed by atoms with Crippen LogP contribution in [0, 0.1) is 0 Å². The van der Waals surface area contributed by atoms with Crippen LogP contribution in [-0.4, -0.2) is 27.7 Å². The fourth-order valence-electron chi connectivity index (χ4n) is 2.89. The highest BCUT2D eigenvalue weighted by molar-refractivity contribution is 8.00. The summed E-state index contributed by atoms with van der Waals surface area (Å²) < 4.78 is 65.2. The van der Waals surface area contributed by atoms with E-state index in [1.807, 2.05) is 41.5 Å². The normalized spacial score (nSPS) is 13.5. The van der Waals surface area contributed by atoms with Gasteiger partial charge in [0.1, 0.15) is 10.8 Å². The van der Waals surface area contributed by atoms with Crippen LogP contribution in [0.4, 0.5) is 27.8 Å². The first-order chi connectivity index (χ1) is 15.7. The SMILES string of the molecule is CC(C)(C)c1cc(/C=N/Nc2nc(Cl)c(Cl)c(SC(F)(F)C(F)(F)F)c2Cl)cc(C(C)(C)C)c1O. The van der Waals surface area contributed by atoms with Crippen molar-refractivity contribution in [3.63, 3.8) is 0 Å². The number of aromatic hydroxyl groups is 1. The molecule has 0 spiro atoms. The van der Waals surface area contributed by atoms with E-state index >= 15 is 0 Å². The molecule has 194 valence electrons. The highest BCUT2D eigenvalue weighted by atomic mass is 35.5. The third kappa shape index (κ3) is 6.84. The standard InChI is InChI=1S/C22H23Cl3F5N3OS/c1-19(2,3)11-7-10(8-12(15(11)34)20(4,5)6)9-31-33-18-14(24)16(13(23)17(25)32-18)35-22(29,30)21(26,27)28/h7-9,34H,1-6H3,(H,32,33)/b31-9+. The van der Waals surface area contributed by atoms with E-state index in [4.69, 9.17) is 34.8 Å². The summed E-state index contributed by atoms with van der Waals surface area (Å²) in [5.74, 6) is -0.208. The Kier molecular flexibility index (Phi) is 8.59. The van der Waals surface area contributed by atoms with E-state index in [1.165, 1.54) is 6.21 Å². The number of benzene rings is 1. The molecule has 35 heavy (non-hydrogen) atoms. The number of nitrogens with one attached hydrogen (secondary N) is 1. The summed E-state index contributed by atoms with van der Waals surface area (Å²) in [4.78, 5) is 2.98. The van der Waals surface area contributed by atoms with Gasteiger partial charge in [-0.05, 0) is 40.3 Å². The van der Waals surface area contributed by atoms with Crippen LogP contribution in [0.5, 0.6) is 5.75 Å². The van der Waals surface area contributed by atoms with Gasteiger partial charge in [0.15, 0.2) is 11.0 Å². The second-order valence-electron chi connectivity index (χ2n) is 9.66. The van der Waals surface area contributed by atoms with Crippen molar-refractivity contribution in [2.24, 2.45) is 5.10 Å². The second-order valence-corrected chi connectivity index (χ2v) is 11.9. The molecular weight excluding hydrogens is 556 g/mol. The van der Waals surface area contributed by atoms with Crippen LogP contribution < -0.4 is 5.43 Å². The van der Waals surface area contributed by atoms with Crippen molar-refractivity contribution in [1.82, 2.24) is 4.98 Å². The minimum absolute atomic E-state index is 0.163. The molecule has 0 saturated heterocycles. The van der Waals surface area contributed by atoms with Crippen molar-refractivity contribution in [2.45, 2.75) is 68.7 Å². The lowest BCUT2D eigenvalue weighted by molar-refractivity contribution is -0.237. The number of hydrogen-bond acceptors (Lipinski definition) is 5. The number of phenols is 1. The molecule has 2 aromatic rings. The van der Waals surface area contributed by atoms with Crippen molar-refractivity contribution in [2.75, 3.05) is 5.43 Å². The maximum absolute atomic E-state index is 13.6. The first kappa shape index (κ1) is 29.7. The molecule has 0 atom stereocenters. The number of alkyl halides is 5. The van der Waals surface area contributed by atoms with E-state index < -0.39 is 54.1 Å². The summed E-state index contributed by atoms with van der Waals surface area (Å²) in [6.45, 7) is 11.6. The van der Waals surface area contributed by atoms with Crippen LogP contribution in [0.1, 0.15) is 58.2 Å². The Balaban J connectivity index is 2.48. The number of aromatic nitrogens is 1. The van der Waals surface area contributed by atoms with E-state index in [2.05, 4.69) is 15.5 Å². The minimum Gasteiger partial charge on any atom is -0.507 e. The molecule has 0 amide bonds. The number of nitrogens with zero attached hydrogens (tertiary/aromatic N) is 2. The number of rotatable bonds is 5. The molecule has 2 N–H and O–H groups in total. The summed E-state index contributed by atoms with van der Waals surface area (Å²) in [6, 6.07) is 3.45. The van der Waals surface area contributed by atoms with Gasteiger partial charge in [0.05, 0.1) is 16.1 Å². The number of hydrazone groups is 1. The molecule has 0 radical (unpaired) electrons. The van der Waals surface area contributed by atoms with Crippen LogP contribution in [0.25, 0.3) is 0 Å². The predicted molar refractivity (Wildman–Crippen MR) is 133 cm³/mol. The van der Waals surface area contributed by atoms with Gasteiger partial charge in [-0.1, -0.05) is 76.3 Å². The van der Waals surface area contributed by atoms with Crippen LogP contribution in [0.3, 0.4) is 0 Å². The maximum Gasteiger partial charge on any atom is 0.464 e. The van der Waals surface area contributed by atoms with Gasteiger partial charge < -0.3 is 5.11 Å². The van der Waals surface area contributed by atoms with Crippen LogP contribution in [-0.2, 0) is 10.8 Å². The molecule has 1 aromatic carbocycles. The lowest BCUT2D eigenvalue weighted by atomic mass is 9.78. The van der Waals surface area contributed by atoms with Gasteiger partial charge in [0.25, 0.3) is 0 Å². The molecule has 1 aromatic heterocycles. The average molecular weight is 579 g/mol. The summed E-state index contributed by atoms with van der Waals surface area (Å²) >= 11 is 16.8. The van der Waals surface area contributed by atoms with E-state index in [0.717, 1.165) is 0 Å². The number of thioether (sulfide) groups is 1. The number of halogens is 8. The number of phenolic OH excluding ortho intramolecular Hbond substituents is 1. The third-order valence-corrected chi connectivity index (χ3v) is 7.12. The van der Waals surface area contributed by atoms with Crippen molar-refractivity contribution in [3.05, 3.63) is 44.0 Å². The fraction of sp³-hybridized carbons (Fsp3) is 0.455. The van der Waals surface area contributed by atoms with E-state index in [0.29, 0.717) is 16.7 Å². The van der Waals surface area contributed by atoms with Gasteiger partial charge in [-0.15, -0.1) is 0 Å². The largest absolute Gasteiger partial charge is 0.507 e. The summed E-state index contributed by atoms with van der Waals surface area (Å²) in [6.07, 6.45) is -4.48. The molecule has 0 aliphatic heterocycles. The quantitative estimate of drug-likeness (QED) is 0.122. The molecule has 0 unspecified atom stereocenters. The topological polar surface area (TPSA) is 57.5 Å². The molecule has 13 heteroatoms. The maximum atomic E-state index is 13.6. The van der Waals surface area contributed by atoms with Crippen molar-refractivity contribution in [1.29, 1.82) is 0 Å². The lowest BCUT2D eigenvalue weighted by Gasteiger charge is -2.27. The number of hydrogen-bond donors (Lipinski definition) is 2. The van der Waals surface area contributed by atoms with Crippen molar-refractivity contribution >= 4 is 58.6 Å². The van der Waals surface area contributed by atoms with Crippen LogP contribution >= 0.6 is 46.6 Å². The van der Waals surface area contributed by atoms with E-state index in [-0.39, 0.29) is 11.6 Å². The van der Waals surface area contributed by atoms with Crippen molar-refractivity contribution in [3.8, 4) is 5.75 Å². The van der Waals surface area contributed by atoms with Crippen molar-refractivity contribution < 1.29 is 27.1 Å². The summed E-state index contributed by atoms with van der Waals surface area (Å²) in [5, 5.41) is 7.81. The molecule has 1 heterocycles. The molecular formula is C22H23Cl3F5N3OS. The Morgan fingerprint density at radius 1 is 0.914 bits per heavy atom. The van der Waals surface area contributed by atoms with Gasteiger partial charge >= 0.3 is 11.4 Å². The van der Waals surface area contributed by atoms with Gasteiger partial charge in [-0.25, -0.2) is 4.98 Å². The highest BCUT2D eigenvalue weighted by Crippen LogP contribution is 2.53. The molecule has 0 aliphatic carbocycles. The number of anilines is 1. The Morgan fingerprint density at radius 2 is 1.40 bits per heavy atom. The van der Waals surface area contributed by atoms with Crippen LogP contribution in [0.15, 0.2) is 22.1 Å². The lowest BCUT2D eigenvalue weighted by Crippen LogP contribution is -2.32. The molecule has 0 fully saturated rings. The fourth-order valence-corrected chi connectivity index (χ4v) is 4.46. The smallest absolute Gasteiger partial charge is 0.464 e. The van der Waals surface area contributed by atoms with Gasteiger partial charge in [-0.2, -0.15) is 27.1 Å². The van der Waals surface area contributed by atoms with E-state index in [9.17, 15) is 27.1 Å². The molecule has 0 aliphatic rings. The Labute approximate surface area is 219 Å². The summed E-state index contributed by atoms with van der Waals surface area (Å²) in [7, 11) is 0. The zero-order chi connectivity index (χ0) is 27.1. The average Bonchev–Trinajstić information content (AvgIpc) is 2.67. The van der Waals surface area contributed by atoms with Gasteiger partial charge in [0, 0.05) is 11.1 Å². The molecule has 4 nitrogen and oxygen atoms in total. The third-order valence-electron chi connectivity index (χ3n) is 4.69.